The van der Waals surface area contributed by atoms with E-state index in [1.54, 1.807) is 18.3 Å². The van der Waals surface area contributed by atoms with E-state index in [0.29, 0.717) is 6.54 Å². The Morgan fingerprint density at radius 1 is 1.33 bits per heavy atom. The lowest BCUT2D eigenvalue weighted by Gasteiger charge is -2.24. The van der Waals surface area contributed by atoms with E-state index in [0.717, 1.165) is 35.9 Å². The minimum absolute atomic E-state index is 0.163. The summed E-state index contributed by atoms with van der Waals surface area (Å²) in [5, 5.41) is 6.12. The van der Waals surface area contributed by atoms with Crippen molar-refractivity contribution in [3.63, 3.8) is 0 Å². The third-order valence-electron chi connectivity index (χ3n) is 4.43. The SMILES string of the molecule is CC(N)(C(=O)NCCc1csc(N2CCCC2)n1)c1ccccc1. The summed E-state index contributed by atoms with van der Waals surface area (Å²) >= 11 is 1.69. The summed E-state index contributed by atoms with van der Waals surface area (Å²) in [6.45, 7) is 4.49. The highest BCUT2D eigenvalue weighted by Crippen LogP contribution is 2.24. The highest BCUT2D eigenvalue weighted by atomic mass is 32.1. The Kier molecular flexibility index (Phi) is 5.16. The van der Waals surface area contributed by atoms with E-state index in [1.807, 2.05) is 30.3 Å². The van der Waals surface area contributed by atoms with Gasteiger partial charge in [0, 0.05) is 31.4 Å². The molecule has 1 aromatic carbocycles. The number of amides is 1. The quantitative estimate of drug-likeness (QED) is 0.843. The van der Waals surface area contributed by atoms with Gasteiger partial charge in [-0.15, -0.1) is 11.3 Å². The Balaban J connectivity index is 1.51. The van der Waals surface area contributed by atoms with E-state index in [1.165, 1.54) is 12.8 Å². The molecule has 1 fully saturated rings. The lowest BCUT2D eigenvalue weighted by atomic mass is 9.92. The van der Waals surface area contributed by atoms with Crippen LogP contribution >= 0.6 is 11.3 Å². The number of anilines is 1. The van der Waals surface area contributed by atoms with Crippen LogP contribution in [0.5, 0.6) is 0 Å². The highest BCUT2D eigenvalue weighted by molar-refractivity contribution is 7.13. The molecule has 0 bridgehead atoms. The Bertz CT molecular complexity index is 677. The van der Waals surface area contributed by atoms with Crippen molar-refractivity contribution in [3.05, 3.63) is 47.0 Å². The zero-order chi connectivity index (χ0) is 17.0. The average molecular weight is 344 g/mol. The van der Waals surface area contributed by atoms with Crippen LogP contribution in [0.1, 0.15) is 31.0 Å². The number of hydrogen-bond acceptors (Lipinski definition) is 5. The van der Waals surface area contributed by atoms with Crippen LogP contribution in [0.25, 0.3) is 0 Å². The Morgan fingerprint density at radius 3 is 2.75 bits per heavy atom. The molecule has 1 amide bonds. The summed E-state index contributed by atoms with van der Waals surface area (Å²) in [5.41, 5.74) is 7.03. The first-order valence-corrected chi connectivity index (χ1v) is 9.27. The molecule has 1 atom stereocenters. The molecule has 1 aliphatic rings. The van der Waals surface area contributed by atoms with Crippen LogP contribution in [0.15, 0.2) is 35.7 Å². The van der Waals surface area contributed by atoms with Crippen LogP contribution in [0.2, 0.25) is 0 Å². The zero-order valence-electron chi connectivity index (χ0n) is 14.0. The minimum Gasteiger partial charge on any atom is -0.354 e. The monoisotopic (exact) mass is 344 g/mol. The van der Waals surface area contributed by atoms with Gasteiger partial charge in [0.2, 0.25) is 5.91 Å². The standard InChI is InChI=1S/C18H24N4OS/c1-18(19,14-7-3-2-4-8-14)16(23)20-10-9-15-13-24-17(21-15)22-11-5-6-12-22/h2-4,7-8,13H,5-6,9-12,19H2,1H3,(H,20,23). The zero-order valence-corrected chi connectivity index (χ0v) is 14.8. The molecule has 6 heteroatoms. The maximum Gasteiger partial charge on any atom is 0.244 e. The Labute approximate surface area is 146 Å². The van der Waals surface area contributed by atoms with Crippen LogP contribution in [-0.4, -0.2) is 30.5 Å². The summed E-state index contributed by atoms with van der Waals surface area (Å²) in [5.74, 6) is -0.163. The van der Waals surface area contributed by atoms with Crippen LogP contribution in [0.3, 0.4) is 0 Å². The molecule has 1 unspecified atom stereocenters. The Morgan fingerprint density at radius 2 is 2.04 bits per heavy atom. The molecular formula is C18H24N4OS. The summed E-state index contributed by atoms with van der Waals surface area (Å²) in [6, 6.07) is 9.45. The molecule has 5 nitrogen and oxygen atoms in total. The van der Waals surface area contributed by atoms with Crippen molar-refractivity contribution in [2.75, 3.05) is 24.5 Å². The number of hydrogen-bond donors (Lipinski definition) is 2. The molecule has 3 rings (SSSR count). The number of nitrogens with one attached hydrogen (secondary N) is 1. The second kappa shape index (κ2) is 7.32. The van der Waals surface area contributed by atoms with E-state index in [2.05, 4.69) is 20.6 Å². The lowest BCUT2D eigenvalue weighted by Crippen LogP contribution is -2.49. The molecule has 1 saturated heterocycles. The van der Waals surface area contributed by atoms with Crippen LogP contribution in [-0.2, 0) is 16.8 Å². The van der Waals surface area contributed by atoms with E-state index < -0.39 is 5.54 Å². The van der Waals surface area contributed by atoms with Gasteiger partial charge in [-0.25, -0.2) is 4.98 Å². The topological polar surface area (TPSA) is 71.2 Å². The largest absolute Gasteiger partial charge is 0.354 e. The molecule has 0 radical (unpaired) electrons. The molecule has 1 aliphatic heterocycles. The van der Waals surface area contributed by atoms with Gasteiger partial charge in [0.05, 0.1) is 5.69 Å². The number of nitrogens with two attached hydrogens (primary N) is 1. The van der Waals surface area contributed by atoms with E-state index in [-0.39, 0.29) is 5.91 Å². The fourth-order valence-corrected chi connectivity index (χ4v) is 3.78. The van der Waals surface area contributed by atoms with Crippen molar-refractivity contribution in [3.8, 4) is 0 Å². The first-order chi connectivity index (χ1) is 11.6. The fourth-order valence-electron chi connectivity index (χ4n) is 2.87. The van der Waals surface area contributed by atoms with Crippen LogP contribution in [0, 0.1) is 0 Å². The molecule has 3 N–H and O–H groups in total. The number of rotatable bonds is 6. The molecule has 0 saturated carbocycles. The van der Waals surface area contributed by atoms with Crippen molar-refractivity contribution in [1.82, 2.24) is 10.3 Å². The van der Waals surface area contributed by atoms with Gasteiger partial charge in [-0.1, -0.05) is 30.3 Å². The molecule has 24 heavy (non-hydrogen) atoms. The van der Waals surface area contributed by atoms with E-state index in [4.69, 9.17) is 5.73 Å². The van der Waals surface area contributed by atoms with Gasteiger partial charge in [-0.3, -0.25) is 4.79 Å². The molecule has 0 spiro atoms. The second-order valence-electron chi connectivity index (χ2n) is 6.39. The number of carbonyl (C=O) groups is 1. The number of aromatic nitrogens is 1. The highest BCUT2D eigenvalue weighted by Gasteiger charge is 2.29. The summed E-state index contributed by atoms with van der Waals surface area (Å²) in [6.07, 6.45) is 3.22. The normalized spacial score (nSPS) is 16.8. The summed E-state index contributed by atoms with van der Waals surface area (Å²) < 4.78 is 0. The minimum atomic E-state index is -1.02. The van der Waals surface area contributed by atoms with Crippen molar-refractivity contribution in [2.45, 2.75) is 31.7 Å². The number of benzene rings is 1. The predicted octanol–water partition coefficient (Wildman–Crippen LogP) is 2.28. The van der Waals surface area contributed by atoms with Gasteiger partial charge in [0.1, 0.15) is 5.54 Å². The van der Waals surface area contributed by atoms with Gasteiger partial charge in [-0.2, -0.15) is 0 Å². The number of carbonyl (C=O) groups excluding carboxylic acids is 1. The predicted molar refractivity (Wildman–Crippen MR) is 98.3 cm³/mol. The first kappa shape index (κ1) is 16.9. The van der Waals surface area contributed by atoms with Crippen molar-refractivity contribution >= 4 is 22.4 Å². The average Bonchev–Trinajstić information content (AvgIpc) is 3.27. The first-order valence-electron chi connectivity index (χ1n) is 8.39. The molecule has 2 aromatic rings. The molecule has 0 aliphatic carbocycles. The van der Waals surface area contributed by atoms with Gasteiger partial charge < -0.3 is 16.0 Å². The smallest absolute Gasteiger partial charge is 0.244 e. The Hall–Kier alpha value is -1.92. The van der Waals surface area contributed by atoms with E-state index >= 15 is 0 Å². The number of nitrogens with zero attached hydrogens (tertiary/aromatic N) is 2. The van der Waals surface area contributed by atoms with E-state index in [9.17, 15) is 4.79 Å². The van der Waals surface area contributed by atoms with Gasteiger partial charge >= 0.3 is 0 Å². The summed E-state index contributed by atoms with van der Waals surface area (Å²) in [7, 11) is 0. The maximum absolute atomic E-state index is 12.4. The molecule has 1 aromatic heterocycles. The van der Waals surface area contributed by atoms with Crippen LogP contribution in [0.4, 0.5) is 5.13 Å². The third kappa shape index (κ3) is 3.76. The van der Waals surface area contributed by atoms with Gasteiger partial charge in [0.15, 0.2) is 5.13 Å². The molecule has 2 heterocycles. The van der Waals surface area contributed by atoms with Gasteiger partial charge in [-0.05, 0) is 25.3 Å². The maximum atomic E-state index is 12.4. The van der Waals surface area contributed by atoms with Crippen molar-refractivity contribution < 1.29 is 4.79 Å². The number of thiazole rings is 1. The molecule has 128 valence electrons. The second-order valence-corrected chi connectivity index (χ2v) is 7.23. The fraction of sp³-hybridized carbons (Fsp3) is 0.444. The van der Waals surface area contributed by atoms with Crippen molar-refractivity contribution in [2.24, 2.45) is 5.73 Å². The van der Waals surface area contributed by atoms with Gasteiger partial charge in [0.25, 0.3) is 0 Å². The van der Waals surface area contributed by atoms with Crippen LogP contribution < -0.4 is 16.0 Å². The lowest BCUT2D eigenvalue weighted by molar-refractivity contribution is -0.126. The third-order valence-corrected chi connectivity index (χ3v) is 5.38. The van der Waals surface area contributed by atoms with Crippen molar-refractivity contribution in [1.29, 1.82) is 0 Å². The summed E-state index contributed by atoms with van der Waals surface area (Å²) in [4.78, 5) is 19.4. The molecular weight excluding hydrogens is 320 g/mol.